The molecule has 0 radical (unpaired) electrons. The first-order valence-corrected chi connectivity index (χ1v) is 9.60. The lowest BCUT2D eigenvalue weighted by Crippen LogP contribution is -2.56. The molecule has 0 spiro atoms. The summed E-state index contributed by atoms with van der Waals surface area (Å²) in [6, 6.07) is 6.07. The molecule has 0 amide bonds. The van der Waals surface area contributed by atoms with E-state index < -0.39 is 21.7 Å². The smallest absolute Gasteiger partial charge is 0.246 e. The molecule has 1 aliphatic rings. The lowest BCUT2D eigenvalue weighted by Gasteiger charge is -2.44. The molecule has 1 fully saturated rings. The number of hydrogen-bond acceptors (Lipinski definition) is 4. The number of aryl methyl sites for hydroxylation is 1. The van der Waals surface area contributed by atoms with Gasteiger partial charge in [0.25, 0.3) is 0 Å². The average Bonchev–Trinajstić information content (AvgIpc) is 3.04. The van der Waals surface area contributed by atoms with Gasteiger partial charge in [-0.1, -0.05) is 12.1 Å². The number of benzene rings is 1. The van der Waals surface area contributed by atoms with Crippen molar-refractivity contribution < 1.29 is 17.5 Å². The molecule has 136 valence electrons. The fourth-order valence-corrected chi connectivity index (χ4v) is 4.66. The Morgan fingerprint density at radius 2 is 2.16 bits per heavy atom. The lowest BCUT2D eigenvalue weighted by atomic mass is 10.0. The van der Waals surface area contributed by atoms with Gasteiger partial charge in [-0.2, -0.15) is 9.40 Å². The third-order valence-corrected chi connectivity index (χ3v) is 6.42. The van der Waals surface area contributed by atoms with E-state index in [0.717, 1.165) is 0 Å². The number of rotatable bonds is 4. The van der Waals surface area contributed by atoms with E-state index in [1.165, 1.54) is 28.8 Å². The van der Waals surface area contributed by atoms with Crippen molar-refractivity contribution in [2.45, 2.75) is 43.9 Å². The molecule has 2 aromatic rings. The van der Waals surface area contributed by atoms with Gasteiger partial charge in [0.2, 0.25) is 10.0 Å². The van der Waals surface area contributed by atoms with Gasteiger partial charge in [0.1, 0.15) is 10.7 Å². The molecule has 1 saturated heterocycles. The van der Waals surface area contributed by atoms with Gasteiger partial charge in [-0.25, -0.2) is 12.8 Å². The summed E-state index contributed by atoms with van der Waals surface area (Å²) in [7, 11) is -3.73. The highest BCUT2D eigenvalue weighted by Crippen LogP contribution is 2.34. The van der Waals surface area contributed by atoms with Crippen LogP contribution in [0.2, 0.25) is 0 Å². The highest BCUT2D eigenvalue weighted by atomic mass is 32.2. The molecule has 6 nitrogen and oxygen atoms in total. The standard InChI is InChI=1S/C17H22FN3O3S/c1-4-20-10-15(9-19-20)25(22,23)21-11-16(24-12-17(21,2)3)13-6-5-7-14(18)8-13/h5-10,16H,4,11-12H2,1-3H3. The molecule has 0 aliphatic carbocycles. The van der Waals surface area contributed by atoms with Gasteiger partial charge in [-0.3, -0.25) is 4.68 Å². The summed E-state index contributed by atoms with van der Waals surface area (Å²) in [6.45, 7) is 6.45. The normalized spacial score (nSPS) is 21.4. The zero-order valence-electron chi connectivity index (χ0n) is 14.5. The second-order valence-corrected chi connectivity index (χ2v) is 8.60. The predicted octanol–water partition coefficient (Wildman–Crippen LogP) is 2.58. The maximum Gasteiger partial charge on any atom is 0.246 e. The van der Waals surface area contributed by atoms with Crippen LogP contribution in [0.1, 0.15) is 32.4 Å². The van der Waals surface area contributed by atoms with Crippen LogP contribution in [0.3, 0.4) is 0 Å². The highest BCUT2D eigenvalue weighted by Gasteiger charge is 2.43. The first-order chi connectivity index (χ1) is 11.7. The monoisotopic (exact) mass is 367 g/mol. The van der Waals surface area contributed by atoms with Crippen LogP contribution in [-0.2, 0) is 21.3 Å². The van der Waals surface area contributed by atoms with E-state index in [1.54, 1.807) is 16.8 Å². The van der Waals surface area contributed by atoms with Crippen LogP contribution in [0.5, 0.6) is 0 Å². The third kappa shape index (κ3) is 3.47. The van der Waals surface area contributed by atoms with E-state index in [-0.39, 0.29) is 23.9 Å². The number of hydrogen-bond donors (Lipinski definition) is 0. The fraction of sp³-hybridized carbons (Fsp3) is 0.471. The maximum atomic E-state index is 13.5. The average molecular weight is 367 g/mol. The molecular formula is C17H22FN3O3S. The summed E-state index contributed by atoms with van der Waals surface area (Å²) in [5.41, 5.74) is -0.0864. The van der Waals surface area contributed by atoms with E-state index in [1.807, 2.05) is 20.8 Å². The zero-order chi connectivity index (χ0) is 18.2. The molecule has 0 N–H and O–H groups in total. The second kappa shape index (κ2) is 6.51. The predicted molar refractivity (Wildman–Crippen MR) is 91.0 cm³/mol. The Morgan fingerprint density at radius 3 is 2.80 bits per heavy atom. The van der Waals surface area contributed by atoms with Gasteiger partial charge in [0.05, 0.1) is 24.4 Å². The molecule has 25 heavy (non-hydrogen) atoms. The van der Waals surface area contributed by atoms with Crippen LogP contribution in [0.25, 0.3) is 0 Å². The van der Waals surface area contributed by atoms with Crippen molar-refractivity contribution in [3.63, 3.8) is 0 Å². The lowest BCUT2D eigenvalue weighted by molar-refractivity contribution is -0.0656. The van der Waals surface area contributed by atoms with Crippen molar-refractivity contribution in [1.82, 2.24) is 14.1 Å². The number of ether oxygens (including phenoxy) is 1. The number of morpholine rings is 1. The molecular weight excluding hydrogens is 345 g/mol. The molecule has 1 aromatic carbocycles. The molecule has 0 bridgehead atoms. The molecule has 1 atom stereocenters. The van der Waals surface area contributed by atoms with Crippen LogP contribution in [0, 0.1) is 5.82 Å². The zero-order valence-corrected chi connectivity index (χ0v) is 15.3. The summed E-state index contributed by atoms with van der Waals surface area (Å²) >= 11 is 0. The van der Waals surface area contributed by atoms with Crippen molar-refractivity contribution in [3.05, 3.63) is 48.0 Å². The molecule has 2 heterocycles. The molecule has 8 heteroatoms. The first-order valence-electron chi connectivity index (χ1n) is 8.16. The van der Waals surface area contributed by atoms with Crippen molar-refractivity contribution in [1.29, 1.82) is 0 Å². The summed E-state index contributed by atoms with van der Waals surface area (Å²) in [6.07, 6.45) is 2.37. The minimum absolute atomic E-state index is 0.121. The Balaban J connectivity index is 1.94. The minimum atomic E-state index is -3.73. The number of nitrogens with zero attached hydrogens (tertiary/aromatic N) is 3. The van der Waals surface area contributed by atoms with Gasteiger partial charge >= 0.3 is 0 Å². The van der Waals surface area contributed by atoms with Crippen molar-refractivity contribution in [2.75, 3.05) is 13.2 Å². The van der Waals surface area contributed by atoms with Gasteiger partial charge in [-0.05, 0) is 38.5 Å². The summed E-state index contributed by atoms with van der Waals surface area (Å²) < 4.78 is 48.6. The first kappa shape index (κ1) is 18.0. The van der Waals surface area contributed by atoms with Crippen LogP contribution < -0.4 is 0 Å². The molecule has 1 aliphatic heterocycles. The Hall–Kier alpha value is -1.77. The van der Waals surface area contributed by atoms with Crippen LogP contribution in [0.4, 0.5) is 4.39 Å². The molecule has 1 unspecified atom stereocenters. The Labute approximate surface area is 147 Å². The van der Waals surface area contributed by atoms with Crippen LogP contribution in [-0.4, -0.2) is 41.2 Å². The van der Waals surface area contributed by atoms with Gasteiger partial charge < -0.3 is 4.74 Å². The van der Waals surface area contributed by atoms with Crippen molar-refractivity contribution >= 4 is 10.0 Å². The second-order valence-electron chi connectivity index (χ2n) is 6.73. The number of sulfonamides is 1. The largest absolute Gasteiger partial charge is 0.370 e. The topological polar surface area (TPSA) is 64.4 Å². The van der Waals surface area contributed by atoms with E-state index in [0.29, 0.717) is 12.1 Å². The van der Waals surface area contributed by atoms with Crippen molar-refractivity contribution in [3.8, 4) is 0 Å². The van der Waals surface area contributed by atoms with Gasteiger partial charge in [-0.15, -0.1) is 0 Å². The SMILES string of the molecule is CCn1cc(S(=O)(=O)N2CC(c3cccc(F)c3)OCC2(C)C)cn1. The molecule has 0 saturated carbocycles. The summed E-state index contributed by atoms with van der Waals surface area (Å²) in [5, 5.41) is 4.06. The maximum absolute atomic E-state index is 13.5. The Morgan fingerprint density at radius 1 is 1.40 bits per heavy atom. The number of aromatic nitrogens is 2. The van der Waals surface area contributed by atoms with Gasteiger partial charge in [0.15, 0.2) is 0 Å². The molecule has 3 rings (SSSR count). The summed E-state index contributed by atoms with van der Waals surface area (Å²) in [5.74, 6) is -0.371. The highest BCUT2D eigenvalue weighted by molar-refractivity contribution is 7.89. The van der Waals surface area contributed by atoms with Gasteiger partial charge in [0, 0.05) is 19.3 Å². The van der Waals surface area contributed by atoms with E-state index in [2.05, 4.69) is 5.10 Å². The fourth-order valence-electron chi connectivity index (χ4n) is 2.94. The van der Waals surface area contributed by atoms with Crippen molar-refractivity contribution in [2.24, 2.45) is 0 Å². The van der Waals surface area contributed by atoms with E-state index >= 15 is 0 Å². The molecule has 1 aromatic heterocycles. The number of halogens is 1. The Kier molecular flexibility index (Phi) is 4.70. The van der Waals surface area contributed by atoms with Crippen LogP contribution >= 0.6 is 0 Å². The van der Waals surface area contributed by atoms with E-state index in [4.69, 9.17) is 4.74 Å². The minimum Gasteiger partial charge on any atom is -0.370 e. The van der Waals surface area contributed by atoms with E-state index in [9.17, 15) is 12.8 Å². The Bertz CT molecular complexity index is 864. The quantitative estimate of drug-likeness (QED) is 0.833. The third-order valence-electron chi connectivity index (χ3n) is 4.39. The summed E-state index contributed by atoms with van der Waals surface area (Å²) in [4.78, 5) is 0.155. The van der Waals surface area contributed by atoms with Crippen LogP contribution in [0.15, 0.2) is 41.6 Å².